The number of hydrogen-bond acceptors (Lipinski definition) is 2. The highest BCUT2D eigenvalue weighted by Gasteiger charge is 2.17. The lowest BCUT2D eigenvalue weighted by molar-refractivity contribution is 0.103. The Kier molecular flexibility index (Phi) is 2.98. The molecule has 0 aliphatic rings. The van der Waals surface area contributed by atoms with Crippen molar-refractivity contribution in [3.63, 3.8) is 0 Å². The van der Waals surface area contributed by atoms with E-state index < -0.39 is 5.82 Å². The molecule has 15 heavy (non-hydrogen) atoms. The standard InChI is InChI=1S/C11H6BrFOS/c12-7-3-1-4-8(13)10(7)11(14)9-5-2-6-15-9/h1-6H. The minimum Gasteiger partial charge on any atom is -0.288 e. The summed E-state index contributed by atoms with van der Waals surface area (Å²) in [4.78, 5) is 12.4. The molecule has 0 fully saturated rings. The normalized spacial score (nSPS) is 10.3. The number of rotatable bonds is 2. The molecule has 0 radical (unpaired) electrons. The van der Waals surface area contributed by atoms with Gasteiger partial charge in [-0.15, -0.1) is 11.3 Å². The van der Waals surface area contributed by atoms with Gasteiger partial charge in [-0.05, 0) is 39.5 Å². The summed E-state index contributed by atoms with van der Waals surface area (Å²) in [7, 11) is 0. The molecule has 2 rings (SSSR count). The number of benzene rings is 1. The van der Waals surface area contributed by atoms with Crippen LogP contribution in [0.2, 0.25) is 0 Å². The lowest BCUT2D eigenvalue weighted by atomic mass is 10.1. The Balaban J connectivity index is 2.51. The predicted octanol–water partition coefficient (Wildman–Crippen LogP) is 3.88. The first-order chi connectivity index (χ1) is 7.20. The van der Waals surface area contributed by atoms with Crippen molar-refractivity contribution in [1.29, 1.82) is 0 Å². The molecule has 0 unspecified atom stereocenters. The van der Waals surface area contributed by atoms with Crippen molar-refractivity contribution in [2.24, 2.45) is 0 Å². The minimum atomic E-state index is -0.497. The fourth-order valence-electron chi connectivity index (χ4n) is 1.25. The molecule has 0 saturated heterocycles. The van der Waals surface area contributed by atoms with Crippen molar-refractivity contribution in [2.75, 3.05) is 0 Å². The van der Waals surface area contributed by atoms with E-state index >= 15 is 0 Å². The van der Waals surface area contributed by atoms with Gasteiger partial charge in [0.05, 0.1) is 10.4 Å². The fraction of sp³-hybridized carbons (Fsp3) is 0. The Labute approximate surface area is 98.7 Å². The minimum absolute atomic E-state index is 0.0972. The second kappa shape index (κ2) is 4.24. The lowest BCUT2D eigenvalue weighted by Crippen LogP contribution is -2.03. The number of thiophene rings is 1. The third-order valence-electron chi connectivity index (χ3n) is 1.93. The quantitative estimate of drug-likeness (QED) is 0.765. The molecule has 1 aromatic carbocycles. The van der Waals surface area contributed by atoms with E-state index in [1.54, 1.807) is 29.6 Å². The molecule has 2 aromatic rings. The van der Waals surface area contributed by atoms with Crippen LogP contribution in [0.25, 0.3) is 0 Å². The molecule has 76 valence electrons. The van der Waals surface area contributed by atoms with Crippen LogP contribution in [0.3, 0.4) is 0 Å². The van der Waals surface area contributed by atoms with Gasteiger partial charge in [-0.2, -0.15) is 0 Å². The van der Waals surface area contributed by atoms with Crippen LogP contribution in [0.1, 0.15) is 15.2 Å². The van der Waals surface area contributed by atoms with Gasteiger partial charge in [-0.1, -0.05) is 12.1 Å². The van der Waals surface area contributed by atoms with Crippen LogP contribution in [0.15, 0.2) is 40.2 Å². The van der Waals surface area contributed by atoms with Crippen molar-refractivity contribution in [3.8, 4) is 0 Å². The van der Waals surface area contributed by atoms with Gasteiger partial charge in [-0.3, -0.25) is 4.79 Å². The summed E-state index contributed by atoms with van der Waals surface area (Å²) in [5.74, 6) is -0.780. The fourth-order valence-corrected chi connectivity index (χ4v) is 2.44. The topological polar surface area (TPSA) is 17.1 Å². The Morgan fingerprint density at radius 3 is 2.67 bits per heavy atom. The molecule has 1 heterocycles. The molecular weight excluding hydrogens is 279 g/mol. The van der Waals surface area contributed by atoms with Crippen molar-refractivity contribution < 1.29 is 9.18 Å². The Morgan fingerprint density at radius 2 is 2.07 bits per heavy atom. The largest absolute Gasteiger partial charge is 0.288 e. The second-order valence-corrected chi connectivity index (χ2v) is 4.71. The monoisotopic (exact) mass is 284 g/mol. The van der Waals surface area contributed by atoms with Gasteiger partial charge in [0.15, 0.2) is 0 Å². The molecule has 0 bridgehead atoms. The van der Waals surface area contributed by atoms with Gasteiger partial charge in [-0.25, -0.2) is 4.39 Å². The van der Waals surface area contributed by atoms with E-state index in [-0.39, 0.29) is 11.3 Å². The molecule has 1 nitrogen and oxygen atoms in total. The average Bonchev–Trinajstić information content (AvgIpc) is 2.69. The van der Waals surface area contributed by atoms with Gasteiger partial charge < -0.3 is 0 Å². The van der Waals surface area contributed by atoms with E-state index in [0.717, 1.165) is 0 Å². The highest BCUT2D eigenvalue weighted by Crippen LogP contribution is 2.24. The molecule has 4 heteroatoms. The van der Waals surface area contributed by atoms with Crippen molar-refractivity contribution in [1.82, 2.24) is 0 Å². The zero-order valence-electron chi connectivity index (χ0n) is 7.54. The van der Waals surface area contributed by atoms with Crippen LogP contribution in [0, 0.1) is 5.82 Å². The van der Waals surface area contributed by atoms with Gasteiger partial charge in [0.2, 0.25) is 5.78 Å². The summed E-state index contributed by atoms with van der Waals surface area (Å²) in [6.45, 7) is 0. The Morgan fingerprint density at radius 1 is 1.27 bits per heavy atom. The van der Waals surface area contributed by atoms with Crippen LogP contribution in [-0.4, -0.2) is 5.78 Å². The Hall–Kier alpha value is -1.00. The first kappa shape index (κ1) is 10.5. The molecule has 0 aliphatic heterocycles. The van der Waals surface area contributed by atoms with Crippen LogP contribution in [0.4, 0.5) is 4.39 Å². The second-order valence-electron chi connectivity index (χ2n) is 2.90. The van der Waals surface area contributed by atoms with Gasteiger partial charge in [0, 0.05) is 4.47 Å². The van der Waals surface area contributed by atoms with Crippen molar-refractivity contribution in [2.45, 2.75) is 0 Å². The van der Waals surface area contributed by atoms with Gasteiger partial charge in [0.1, 0.15) is 5.82 Å². The summed E-state index contributed by atoms with van der Waals surface area (Å²) in [6, 6.07) is 7.96. The van der Waals surface area contributed by atoms with Crippen LogP contribution >= 0.6 is 27.3 Å². The molecule has 0 atom stereocenters. The third-order valence-corrected chi connectivity index (χ3v) is 3.46. The first-order valence-corrected chi connectivity index (χ1v) is 5.89. The molecule has 0 aliphatic carbocycles. The lowest BCUT2D eigenvalue weighted by Gasteiger charge is -2.02. The highest BCUT2D eigenvalue weighted by atomic mass is 79.9. The molecule has 0 amide bonds. The van der Waals surface area contributed by atoms with Crippen LogP contribution < -0.4 is 0 Å². The Bertz CT molecular complexity index is 473. The third kappa shape index (κ3) is 2.01. The van der Waals surface area contributed by atoms with Gasteiger partial charge in [0.25, 0.3) is 0 Å². The summed E-state index contributed by atoms with van der Waals surface area (Å²) < 4.78 is 13.9. The zero-order chi connectivity index (χ0) is 10.8. The molecule has 0 N–H and O–H groups in total. The summed E-state index contributed by atoms with van der Waals surface area (Å²) in [6.07, 6.45) is 0. The molecule has 0 spiro atoms. The maximum atomic E-state index is 13.4. The van der Waals surface area contributed by atoms with Crippen molar-refractivity contribution in [3.05, 3.63) is 56.4 Å². The van der Waals surface area contributed by atoms with E-state index in [1.165, 1.54) is 17.4 Å². The maximum Gasteiger partial charge on any atom is 0.207 e. The SMILES string of the molecule is O=C(c1cccs1)c1c(F)cccc1Br. The zero-order valence-corrected chi connectivity index (χ0v) is 9.94. The number of hydrogen-bond donors (Lipinski definition) is 0. The molecular formula is C11H6BrFOS. The van der Waals surface area contributed by atoms with E-state index in [0.29, 0.717) is 9.35 Å². The maximum absolute atomic E-state index is 13.4. The van der Waals surface area contributed by atoms with Crippen LogP contribution in [0.5, 0.6) is 0 Å². The van der Waals surface area contributed by atoms with Crippen LogP contribution in [-0.2, 0) is 0 Å². The van der Waals surface area contributed by atoms with E-state index in [1.807, 2.05) is 0 Å². The average molecular weight is 285 g/mol. The number of carbonyl (C=O) groups is 1. The molecule has 0 saturated carbocycles. The smallest absolute Gasteiger partial charge is 0.207 e. The first-order valence-electron chi connectivity index (χ1n) is 4.22. The van der Waals surface area contributed by atoms with E-state index in [9.17, 15) is 9.18 Å². The predicted molar refractivity (Wildman–Crippen MR) is 61.9 cm³/mol. The highest BCUT2D eigenvalue weighted by molar-refractivity contribution is 9.10. The number of halogens is 2. The summed E-state index contributed by atoms with van der Waals surface area (Å²) in [5, 5.41) is 1.79. The summed E-state index contributed by atoms with van der Waals surface area (Å²) in [5.41, 5.74) is 0.0972. The van der Waals surface area contributed by atoms with Crippen molar-refractivity contribution >= 4 is 33.0 Å². The van der Waals surface area contributed by atoms with E-state index in [2.05, 4.69) is 15.9 Å². The number of carbonyl (C=O) groups excluding carboxylic acids is 1. The number of ketones is 1. The molecule has 1 aromatic heterocycles. The van der Waals surface area contributed by atoms with E-state index in [4.69, 9.17) is 0 Å². The van der Waals surface area contributed by atoms with Gasteiger partial charge >= 0.3 is 0 Å². The summed E-state index contributed by atoms with van der Waals surface area (Å²) >= 11 is 4.48.